The van der Waals surface area contributed by atoms with Crippen molar-refractivity contribution < 1.29 is 30.8 Å². The Balaban J connectivity index is 1.01. The maximum absolute atomic E-state index is 10.4. The van der Waals surface area contributed by atoms with E-state index in [1.807, 2.05) is 133 Å². The molecule has 4 heterocycles. The molecule has 20 aromatic rings. The molecule has 16 aromatic carbocycles. The van der Waals surface area contributed by atoms with Gasteiger partial charge in [-0.25, -0.2) is 0 Å². The maximum atomic E-state index is 10.4. The second-order valence-corrected chi connectivity index (χ2v) is 31.7. The summed E-state index contributed by atoms with van der Waals surface area (Å²) in [6.07, 6.45) is 0. The van der Waals surface area contributed by atoms with Crippen molar-refractivity contribution in [2.45, 2.75) is 70.1 Å². The predicted octanol–water partition coefficient (Wildman–Crippen LogP) is 28.8. The van der Waals surface area contributed by atoms with Crippen LogP contribution < -0.4 is 0 Å². The van der Waals surface area contributed by atoms with Gasteiger partial charge in [0, 0.05) is 83.3 Å². The smallest absolute Gasteiger partial charge is 0.143 e. The number of fused-ring (bicyclic) bond motifs is 16. The van der Waals surface area contributed by atoms with E-state index in [9.17, 15) is 21.9 Å². The fourth-order valence-electron chi connectivity index (χ4n) is 18.4. The number of hydrogen-bond donors (Lipinski definition) is 0. The van der Waals surface area contributed by atoms with E-state index in [4.69, 9.17) is 8.83 Å². The highest BCUT2D eigenvalue weighted by molar-refractivity contribution is 6.16. The lowest BCUT2D eigenvalue weighted by atomic mass is 9.59. The lowest BCUT2D eigenvalue weighted by Crippen LogP contribution is -2.29. The minimum atomic E-state index is -1.10. The van der Waals surface area contributed by atoms with E-state index in [0.29, 0.717) is 50.1 Å². The zero-order valence-electron chi connectivity index (χ0n) is 77.6. The summed E-state index contributed by atoms with van der Waals surface area (Å²) >= 11 is 0. The van der Waals surface area contributed by atoms with E-state index in [0.717, 1.165) is 111 Å². The summed E-state index contributed by atoms with van der Waals surface area (Å²) in [5.41, 5.74) is 19.3. The molecule has 3 unspecified atom stereocenters. The van der Waals surface area contributed by atoms with Crippen molar-refractivity contribution in [1.82, 2.24) is 9.13 Å². The molecule has 4 aromatic heterocycles. The van der Waals surface area contributed by atoms with E-state index < -0.39 is 114 Å². The van der Waals surface area contributed by atoms with Crippen molar-refractivity contribution in [2.24, 2.45) is 0 Å². The quantitative estimate of drug-likeness (QED) is 0.144. The highest BCUT2D eigenvalue weighted by atomic mass is 16.3. The van der Waals surface area contributed by atoms with Gasteiger partial charge < -0.3 is 18.0 Å². The van der Waals surface area contributed by atoms with E-state index in [2.05, 4.69) is 157 Å². The Morgan fingerprint density at radius 3 is 1.07 bits per heavy atom. The first-order valence-electron chi connectivity index (χ1n) is 45.8. The molecular weight excluding hydrogens is 1350 g/mol. The average molecular weight is 1440 g/mol. The minimum absolute atomic E-state index is 0.0862. The number of nitrogens with zero attached hydrogens (tertiary/aromatic N) is 2. The van der Waals surface area contributed by atoms with Gasteiger partial charge in [0.1, 0.15) is 22.3 Å². The molecule has 528 valence electrons. The molecule has 0 saturated heterocycles. The molecule has 111 heavy (non-hydrogen) atoms. The molecule has 0 aliphatic heterocycles. The standard InChI is InChI=1S/C107H78N2O2/c1-106(2,3)70-55-69(56-71(58-70)107(4,5)6)68-51-53-80-84(57-68)98-81-54-52-72(108-90-45-25-19-39-74(90)75-40-20-26-46-91(75)108)59-85(81)100(103-83(65-33-13-8-14-34-65)63-87-79-44-24-30-50-95(79)111-105(87)97(103)67-37-17-10-18-38-67)89-61-73(109-92-47-27-21-41-76(92)77-42-22-28-48-93(77)109)60-88(101(89)98)99(80)102-82(64-31-11-7-12-32-64)62-86-78-43-23-29-49-94(78)110-104(86)96(102)66-35-15-9-16-36-66/h7-63,98-100H,1-6H3/i19D,20D,21D,22D,25D,26D,27D,28D,39D,40D,41D,42D,45D,46D,47D,48D. The summed E-state index contributed by atoms with van der Waals surface area (Å²) < 4.78 is 174. The van der Waals surface area contributed by atoms with Crippen molar-refractivity contribution in [2.75, 3.05) is 0 Å². The normalized spacial score (nSPS) is 16.9. The summed E-state index contributed by atoms with van der Waals surface area (Å²) in [5, 5.41) is 2.95. The van der Waals surface area contributed by atoms with Gasteiger partial charge in [-0.3, -0.25) is 0 Å². The third kappa shape index (κ3) is 9.99. The first-order chi connectivity index (χ1) is 61.0. The SMILES string of the molecule is [2H]c1c([2H])c([2H])c2c(c1[2H])c1c([2H])c([2H])c([2H])c([2H])c1n2-c1ccc2c(c1)C(c1c(-c3ccccc3)cc3c(oc4ccccc43)c1-c1ccccc1)c1cc(-n3c4c([2H])c([2H])c([2H])c([2H])c4c4c([2H])c([2H])c([2H])c([2H])c43)cc3c1C2c1cc(-c2cc(C(C)(C)C)cc(C(C)(C)C)c2)ccc1C3c1c(-c2ccccc2)cc2c(oc3ccccc32)c1-c1ccccc1. The van der Waals surface area contributed by atoms with Crippen LogP contribution in [0.25, 0.3) is 154 Å². The van der Waals surface area contributed by atoms with Crippen molar-refractivity contribution >= 4 is 87.5 Å². The van der Waals surface area contributed by atoms with Crippen molar-refractivity contribution in [3.05, 3.63) is 407 Å². The molecule has 4 nitrogen and oxygen atoms in total. The van der Waals surface area contributed by atoms with Gasteiger partial charge in [-0.1, -0.05) is 308 Å². The molecule has 0 N–H and O–H groups in total. The van der Waals surface area contributed by atoms with Crippen LogP contribution in [-0.4, -0.2) is 9.13 Å². The zero-order valence-corrected chi connectivity index (χ0v) is 61.6. The van der Waals surface area contributed by atoms with Crippen molar-refractivity contribution in [3.63, 3.8) is 0 Å². The Hall–Kier alpha value is -13.3. The fraction of sp³-hybridized carbons (Fsp3) is 0.103. The summed E-state index contributed by atoms with van der Waals surface area (Å²) in [6.45, 7) is 13.4. The molecule has 2 aliphatic carbocycles. The van der Waals surface area contributed by atoms with Gasteiger partial charge in [0.05, 0.1) is 44.0 Å². The Bertz CT molecular complexity index is 8060. The first kappa shape index (κ1) is 50.4. The van der Waals surface area contributed by atoms with Crippen LogP contribution in [0.15, 0.2) is 354 Å². The molecular formula is C107H78N2O2. The average Bonchev–Trinajstić information content (AvgIpc) is 1.65. The minimum Gasteiger partial charge on any atom is -0.455 e. The molecule has 0 bridgehead atoms. The lowest BCUT2D eigenvalue weighted by molar-refractivity contribution is 0.569. The number of benzene rings is 16. The Kier molecular flexibility index (Phi) is 11.2. The lowest BCUT2D eigenvalue weighted by Gasteiger charge is -2.44. The van der Waals surface area contributed by atoms with Crippen LogP contribution in [0.2, 0.25) is 0 Å². The molecule has 0 saturated carbocycles. The molecule has 0 amide bonds. The molecule has 0 spiro atoms. The van der Waals surface area contributed by atoms with E-state index in [1.54, 1.807) is 9.13 Å². The second kappa shape index (κ2) is 24.6. The van der Waals surface area contributed by atoms with Crippen LogP contribution in [0, 0.1) is 0 Å². The molecule has 4 heteroatoms. The zero-order chi connectivity index (χ0) is 88.0. The van der Waals surface area contributed by atoms with Gasteiger partial charge >= 0.3 is 0 Å². The van der Waals surface area contributed by atoms with E-state index >= 15 is 0 Å². The molecule has 0 radical (unpaired) electrons. The van der Waals surface area contributed by atoms with Gasteiger partial charge in [-0.15, -0.1) is 0 Å². The predicted molar refractivity (Wildman–Crippen MR) is 463 cm³/mol. The molecule has 22 rings (SSSR count). The fourth-order valence-corrected chi connectivity index (χ4v) is 18.4. The van der Waals surface area contributed by atoms with Crippen LogP contribution in [0.4, 0.5) is 0 Å². The Morgan fingerprint density at radius 1 is 0.270 bits per heavy atom. The van der Waals surface area contributed by atoms with Crippen LogP contribution in [0.3, 0.4) is 0 Å². The topological polar surface area (TPSA) is 36.1 Å². The monoisotopic (exact) mass is 1440 g/mol. The van der Waals surface area contributed by atoms with Crippen LogP contribution >= 0.6 is 0 Å². The van der Waals surface area contributed by atoms with Crippen LogP contribution in [0.1, 0.15) is 142 Å². The number of para-hydroxylation sites is 6. The summed E-state index contributed by atoms with van der Waals surface area (Å²) in [4.78, 5) is 0. The van der Waals surface area contributed by atoms with Gasteiger partial charge in [-0.2, -0.15) is 0 Å². The van der Waals surface area contributed by atoms with Gasteiger partial charge in [0.15, 0.2) is 0 Å². The number of aromatic nitrogens is 2. The van der Waals surface area contributed by atoms with Gasteiger partial charge in [-0.05, 0) is 195 Å². The highest BCUT2D eigenvalue weighted by Crippen LogP contribution is 2.63. The third-order valence-corrected chi connectivity index (χ3v) is 23.4. The summed E-state index contributed by atoms with van der Waals surface area (Å²) in [5.74, 6) is -2.80. The highest BCUT2D eigenvalue weighted by Gasteiger charge is 2.47. The molecule has 3 atom stereocenters. The maximum Gasteiger partial charge on any atom is 0.143 e. The van der Waals surface area contributed by atoms with Gasteiger partial charge in [0.25, 0.3) is 0 Å². The summed E-state index contributed by atoms with van der Waals surface area (Å²) in [6, 6.07) is 76.3. The molecule has 2 aliphatic rings. The van der Waals surface area contributed by atoms with Crippen LogP contribution in [0.5, 0.6) is 0 Å². The van der Waals surface area contributed by atoms with Crippen molar-refractivity contribution in [3.8, 4) is 67.0 Å². The third-order valence-electron chi connectivity index (χ3n) is 23.4. The number of furan rings is 2. The first-order valence-corrected chi connectivity index (χ1v) is 37.8. The number of hydrogen-bond acceptors (Lipinski definition) is 2. The number of rotatable bonds is 9. The van der Waals surface area contributed by atoms with E-state index in [1.165, 1.54) is 0 Å². The van der Waals surface area contributed by atoms with Crippen LogP contribution in [-0.2, 0) is 10.8 Å². The molecule has 0 fully saturated rings. The summed E-state index contributed by atoms with van der Waals surface area (Å²) in [7, 11) is 0. The van der Waals surface area contributed by atoms with Gasteiger partial charge in [0.2, 0.25) is 0 Å². The largest absolute Gasteiger partial charge is 0.455 e. The second-order valence-electron chi connectivity index (χ2n) is 31.7. The Labute approximate surface area is 667 Å². The Morgan fingerprint density at radius 2 is 0.631 bits per heavy atom. The van der Waals surface area contributed by atoms with E-state index in [-0.39, 0.29) is 65.8 Å². The van der Waals surface area contributed by atoms with Crippen molar-refractivity contribution in [1.29, 1.82) is 0 Å².